The quantitative estimate of drug-likeness (QED) is 0.204. The molecule has 0 aliphatic heterocycles. The molecule has 0 amide bonds. The highest BCUT2D eigenvalue weighted by molar-refractivity contribution is 5.81. The lowest BCUT2D eigenvalue weighted by atomic mass is 10.0. The standard InChI is InChI=1S/C34H32N2O4/c1-19(2)25-15-31-27(17-29(25)37-5)35-33(39-31)23-11-7-21(8-12-23)22-9-13-24(14-10-22)34-36-28-18-30(38-6)26(20(3)4)16-32(28)40-34/h7-20H,1-6H3. The van der Waals surface area contributed by atoms with Crippen LogP contribution in [0.1, 0.15) is 50.7 Å². The molecule has 0 unspecified atom stereocenters. The largest absolute Gasteiger partial charge is 0.496 e. The molecular weight excluding hydrogens is 500 g/mol. The molecule has 0 spiro atoms. The van der Waals surface area contributed by atoms with Crippen molar-refractivity contribution in [2.24, 2.45) is 0 Å². The van der Waals surface area contributed by atoms with Gasteiger partial charge in [-0.3, -0.25) is 0 Å². The van der Waals surface area contributed by atoms with Crippen LogP contribution in [0.3, 0.4) is 0 Å². The van der Waals surface area contributed by atoms with Crippen LogP contribution in [0, 0.1) is 0 Å². The second kappa shape index (κ2) is 10.2. The number of methoxy groups -OCH3 is 2. The number of oxazole rings is 2. The van der Waals surface area contributed by atoms with Crippen LogP contribution >= 0.6 is 0 Å². The Morgan fingerprint density at radius 3 is 1.20 bits per heavy atom. The SMILES string of the molecule is COc1cc2nc(-c3ccc(-c4ccc(-c5nc6cc(OC)c(C(C)C)cc6o5)cc4)cc3)oc2cc1C(C)C. The number of hydrogen-bond acceptors (Lipinski definition) is 6. The smallest absolute Gasteiger partial charge is 0.227 e. The lowest BCUT2D eigenvalue weighted by molar-refractivity contribution is 0.408. The zero-order valence-electron chi connectivity index (χ0n) is 23.6. The number of rotatable bonds is 7. The van der Waals surface area contributed by atoms with Crippen LogP contribution < -0.4 is 9.47 Å². The van der Waals surface area contributed by atoms with E-state index in [9.17, 15) is 0 Å². The van der Waals surface area contributed by atoms with Crippen molar-refractivity contribution in [3.8, 4) is 45.5 Å². The van der Waals surface area contributed by atoms with Gasteiger partial charge in [-0.2, -0.15) is 0 Å². The molecular formula is C34H32N2O4. The van der Waals surface area contributed by atoms with Gasteiger partial charge in [-0.1, -0.05) is 52.0 Å². The minimum absolute atomic E-state index is 0.322. The van der Waals surface area contributed by atoms with Crippen molar-refractivity contribution in [3.63, 3.8) is 0 Å². The molecule has 0 aliphatic carbocycles. The number of hydrogen-bond donors (Lipinski definition) is 0. The molecule has 0 saturated carbocycles. The number of aromatic nitrogens is 2. The monoisotopic (exact) mass is 532 g/mol. The van der Waals surface area contributed by atoms with Crippen LogP contribution in [-0.4, -0.2) is 24.2 Å². The molecule has 202 valence electrons. The summed E-state index contributed by atoms with van der Waals surface area (Å²) < 4.78 is 23.4. The fraction of sp³-hybridized carbons (Fsp3) is 0.235. The maximum absolute atomic E-state index is 6.12. The highest BCUT2D eigenvalue weighted by Gasteiger charge is 2.16. The third-order valence-corrected chi connectivity index (χ3v) is 7.32. The Kier molecular flexibility index (Phi) is 6.54. The summed E-state index contributed by atoms with van der Waals surface area (Å²) in [6.45, 7) is 8.55. The van der Waals surface area contributed by atoms with E-state index < -0.39 is 0 Å². The molecule has 0 atom stereocenters. The highest BCUT2D eigenvalue weighted by atomic mass is 16.5. The van der Waals surface area contributed by atoms with Gasteiger partial charge in [0.05, 0.1) is 14.2 Å². The maximum Gasteiger partial charge on any atom is 0.227 e. The first-order valence-corrected chi connectivity index (χ1v) is 13.5. The average Bonchev–Trinajstić information content (AvgIpc) is 3.59. The van der Waals surface area contributed by atoms with E-state index in [-0.39, 0.29) is 0 Å². The first-order chi connectivity index (χ1) is 19.3. The summed E-state index contributed by atoms with van der Waals surface area (Å²) >= 11 is 0. The number of fused-ring (bicyclic) bond motifs is 2. The fourth-order valence-corrected chi connectivity index (χ4v) is 5.05. The molecule has 6 heteroatoms. The summed E-state index contributed by atoms with van der Waals surface area (Å²) in [7, 11) is 3.37. The Balaban J connectivity index is 1.25. The maximum atomic E-state index is 6.12. The zero-order valence-corrected chi connectivity index (χ0v) is 23.6. The summed E-state index contributed by atoms with van der Waals surface area (Å²) in [4.78, 5) is 9.42. The van der Waals surface area contributed by atoms with Gasteiger partial charge in [0.2, 0.25) is 11.8 Å². The normalized spacial score (nSPS) is 11.7. The van der Waals surface area contributed by atoms with Crippen molar-refractivity contribution in [1.82, 2.24) is 9.97 Å². The van der Waals surface area contributed by atoms with E-state index in [0.717, 1.165) is 67.1 Å². The molecule has 0 fully saturated rings. The van der Waals surface area contributed by atoms with Gasteiger partial charge >= 0.3 is 0 Å². The van der Waals surface area contributed by atoms with Crippen molar-refractivity contribution in [2.75, 3.05) is 14.2 Å². The molecule has 6 nitrogen and oxygen atoms in total. The van der Waals surface area contributed by atoms with Gasteiger partial charge in [-0.05, 0) is 59.4 Å². The topological polar surface area (TPSA) is 70.5 Å². The molecule has 6 rings (SSSR count). The van der Waals surface area contributed by atoms with E-state index in [0.29, 0.717) is 23.6 Å². The Morgan fingerprint density at radius 1 is 0.525 bits per heavy atom. The summed E-state index contributed by atoms with van der Waals surface area (Å²) in [5, 5.41) is 0. The van der Waals surface area contributed by atoms with Crippen molar-refractivity contribution in [2.45, 2.75) is 39.5 Å². The predicted molar refractivity (Wildman–Crippen MR) is 159 cm³/mol. The molecule has 0 bridgehead atoms. The van der Waals surface area contributed by atoms with Crippen molar-refractivity contribution in [1.29, 1.82) is 0 Å². The highest BCUT2D eigenvalue weighted by Crippen LogP contribution is 2.36. The second-order valence-corrected chi connectivity index (χ2v) is 10.6. The molecule has 0 saturated heterocycles. The summed E-state index contributed by atoms with van der Waals surface area (Å²) in [5.41, 5.74) is 9.34. The summed E-state index contributed by atoms with van der Waals surface area (Å²) in [5.74, 6) is 3.49. The number of ether oxygens (including phenoxy) is 2. The van der Waals surface area contributed by atoms with Gasteiger partial charge in [0.1, 0.15) is 22.5 Å². The Morgan fingerprint density at radius 2 is 0.875 bits per heavy atom. The van der Waals surface area contributed by atoms with E-state index in [1.165, 1.54) is 0 Å². The molecule has 0 radical (unpaired) electrons. The molecule has 4 aromatic carbocycles. The molecule has 0 N–H and O–H groups in total. The van der Waals surface area contributed by atoms with Gasteiger partial charge in [-0.25, -0.2) is 9.97 Å². The zero-order chi connectivity index (χ0) is 28.0. The van der Waals surface area contributed by atoms with E-state index >= 15 is 0 Å². The van der Waals surface area contributed by atoms with Crippen LogP contribution in [-0.2, 0) is 0 Å². The van der Waals surface area contributed by atoms with Crippen LogP contribution in [0.5, 0.6) is 11.5 Å². The van der Waals surface area contributed by atoms with Crippen LogP contribution in [0.4, 0.5) is 0 Å². The number of nitrogens with zero attached hydrogens (tertiary/aromatic N) is 2. The molecule has 2 heterocycles. The fourth-order valence-electron chi connectivity index (χ4n) is 5.05. The lowest BCUT2D eigenvalue weighted by Gasteiger charge is -2.10. The van der Waals surface area contributed by atoms with Crippen molar-refractivity contribution >= 4 is 22.2 Å². The van der Waals surface area contributed by atoms with Crippen molar-refractivity contribution in [3.05, 3.63) is 83.9 Å². The Bertz CT molecular complexity index is 1670. The third-order valence-electron chi connectivity index (χ3n) is 7.32. The minimum Gasteiger partial charge on any atom is -0.496 e. The van der Waals surface area contributed by atoms with Crippen LogP contribution in [0.15, 0.2) is 81.6 Å². The van der Waals surface area contributed by atoms with Crippen LogP contribution in [0.2, 0.25) is 0 Å². The predicted octanol–water partition coefficient (Wildman–Crippen LogP) is 9.23. The first kappa shape index (κ1) is 25.7. The minimum atomic E-state index is 0.322. The van der Waals surface area contributed by atoms with Gasteiger partial charge in [0.25, 0.3) is 0 Å². The number of benzene rings is 4. The molecule has 0 aliphatic rings. The Hall–Kier alpha value is -4.58. The van der Waals surface area contributed by atoms with Crippen molar-refractivity contribution < 1.29 is 18.3 Å². The van der Waals surface area contributed by atoms with E-state index in [2.05, 4.69) is 52.0 Å². The van der Waals surface area contributed by atoms with E-state index in [4.69, 9.17) is 28.3 Å². The lowest BCUT2D eigenvalue weighted by Crippen LogP contribution is -1.93. The summed E-state index contributed by atoms with van der Waals surface area (Å²) in [6, 6.07) is 24.4. The second-order valence-electron chi connectivity index (χ2n) is 10.6. The van der Waals surface area contributed by atoms with Crippen LogP contribution in [0.25, 0.3) is 56.2 Å². The summed E-state index contributed by atoms with van der Waals surface area (Å²) in [6.07, 6.45) is 0. The molecule has 6 aromatic rings. The van der Waals surface area contributed by atoms with Gasteiger partial charge in [-0.15, -0.1) is 0 Å². The molecule has 40 heavy (non-hydrogen) atoms. The molecule has 2 aromatic heterocycles. The first-order valence-electron chi connectivity index (χ1n) is 13.5. The van der Waals surface area contributed by atoms with Gasteiger partial charge in [0.15, 0.2) is 11.2 Å². The average molecular weight is 533 g/mol. The van der Waals surface area contributed by atoms with Gasteiger partial charge < -0.3 is 18.3 Å². The van der Waals surface area contributed by atoms with E-state index in [1.807, 2.05) is 48.5 Å². The van der Waals surface area contributed by atoms with Gasteiger partial charge in [0, 0.05) is 34.4 Å². The third kappa shape index (κ3) is 4.60. The van der Waals surface area contributed by atoms with E-state index in [1.54, 1.807) is 14.2 Å². The Labute approximate surface area is 233 Å².